The highest BCUT2D eigenvalue weighted by molar-refractivity contribution is 5.82. The molecule has 23 heavy (non-hydrogen) atoms. The third-order valence-corrected chi connectivity index (χ3v) is 3.99. The van der Waals surface area contributed by atoms with Gasteiger partial charge in [0.1, 0.15) is 0 Å². The normalized spacial score (nSPS) is 13.5. The van der Waals surface area contributed by atoms with E-state index in [9.17, 15) is 0 Å². The summed E-state index contributed by atoms with van der Waals surface area (Å²) in [5.41, 5.74) is 4.22. The van der Waals surface area contributed by atoms with E-state index in [1.54, 1.807) is 0 Å². The number of H-pyrrole nitrogens is 1. The zero-order chi connectivity index (χ0) is 16.0. The first-order valence-corrected chi connectivity index (χ1v) is 7.66. The average molecular weight is 309 g/mol. The zero-order valence-electron chi connectivity index (χ0n) is 13.4. The highest BCUT2D eigenvalue weighted by atomic mass is 16.7. The van der Waals surface area contributed by atoms with Gasteiger partial charge in [0.2, 0.25) is 12.7 Å². The Morgan fingerprint density at radius 2 is 1.74 bits per heavy atom. The number of ether oxygens (including phenoxy) is 2. The molecule has 2 N–H and O–H groups in total. The molecule has 2 heterocycles. The van der Waals surface area contributed by atoms with Crippen LogP contribution in [0.3, 0.4) is 0 Å². The van der Waals surface area contributed by atoms with Crippen molar-refractivity contribution in [3.8, 4) is 11.5 Å². The summed E-state index contributed by atoms with van der Waals surface area (Å²) < 4.78 is 10.8. The van der Waals surface area contributed by atoms with E-state index in [0.29, 0.717) is 5.95 Å². The zero-order valence-corrected chi connectivity index (χ0v) is 13.4. The molecule has 0 aliphatic carbocycles. The van der Waals surface area contributed by atoms with Gasteiger partial charge in [0.25, 0.3) is 0 Å². The Kier molecular flexibility index (Phi) is 2.98. The van der Waals surface area contributed by atoms with E-state index in [-0.39, 0.29) is 12.2 Å². The van der Waals surface area contributed by atoms with Gasteiger partial charge >= 0.3 is 0 Å². The first-order chi connectivity index (χ1) is 11.0. The Bertz CT molecular complexity index is 819. The van der Waals surface area contributed by atoms with Crippen LogP contribution in [0.2, 0.25) is 0 Å². The van der Waals surface area contributed by atoms with Crippen LogP contribution in [0.1, 0.15) is 26.3 Å². The Labute approximate surface area is 134 Å². The van der Waals surface area contributed by atoms with Gasteiger partial charge in [-0.3, -0.25) is 0 Å². The van der Waals surface area contributed by atoms with Crippen molar-refractivity contribution in [1.29, 1.82) is 0 Å². The summed E-state index contributed by atoms with van der Waals surface area (Å²) in [6.45, 7) is 6.89. The number of hydrogen-bond donors (Lipinski definition) is 2. The molecule has 2 aromatic carbocycles. The van der Waals surface area contributed by atoms with Crippen LogP contribution >= 0.6 is 0 Å². The predicted octanol–water partition coefficient (Wildman–Crippen LogP) is 4.33. The van der Waals surface area contributed by atoms with Crippen molar-refractivity contribution in [2.45, 2.75) is 26.2 Å². The van der Waals surface area contributed by atoms with Gasteiger partial charge in [0.15, 0.2) is 11.5 Å². The maximum Gasteiger partial charge on any atom is 0.231 e. The van der Waals surface area contributed by atoms with E-state index < -0.39 is 0 Å². The number of imidazole rings is 1. The lowest BCUT2D eigenvalue weighted by Crippen LogP contribution is -2.10. The molecule has 0 bridgehead atoms. The lowest BCUT2D eigenvalue weighted by molar-refractivity contribution is 0.174. The summed E-state index contributed by atoms with van der Waals surface area (Å²) in [5, 5.41) is 3.30. The fourth-order valence-electron chi connectivity index (χ4n) is 2.65. The van der Waals surface area contributed by atoms with Gasteiger partial charge in [-0.05, 0) is 23.1 Å². The van der Waals surface area contributed by atoms with E-state index >= 15 is 0 Å². The van der Waals surface area contributed by atoms with E-state index in [0.717, 1.165) is 28.2 Å². The summed E-state index contributed by atoms with van der Waals surface area (Å²) in [6.07, 6.45) is 0. The van der Waals surface area contributed by atoms with Crippen LogP contribution in [0.4, 0.5) is 11.6 Å². The van der Waals surface area contributed by atoms with Crippen LogP contribution in [0, 0.1) is 0 Å². The van der Waals surface area contributed by atoms with Crippen LogP contribution in [0.5, 0.6) is 11.5 Å². The monoisotopic (exact) mass is 309 g/mol. The second-order valence-electron chi connectivity index (χ2n) is 6.76. The summed E-state index contributed by atoms with van der Waals surface area (Å²) in [4.78, 5) is 7.82. The number of rotatable bonds is 2. The summed E-state index contributed by atoms with van der Waals surface area (Å²) in [6, 6.07) is 12.2. The van der Waals surface area contributed by atoms with Crippen LogP contribution in [0.15, 0.2) is 36.4 Å². The molecule has 5 nitrogen and oxygen atoms in total. The Hall–Kier alpha value is -2.69. The molecule has 4 rings (SSSR count). The molecule has 0 spiro atoms. The van der Waals surface area contributed by atoms with Crippen LogP contribution in [-0.2, 0) is 5.41 Å². The molecule has 0 saturated heterocycles. The summed E-state index contributed by atoms with van der Waals surface area (Å²) >= 11 is 0. The van der Waals surface area contributed by atoms with Gasteiger partial charge in [0.05, 0.1) is 11.0 Å². The molecule has 3 aromatic rings. The van der Waals surface area contributed by atoms with E-state index in [1.165, 1.54) is 5.56 Å². The van der Waals surface area contributed by atoms with Crippen molar-refractivity contribution < 1.29 is 9.47 Å². The van der Waals surface area contributed by atoms with Gasteiger partial charge in [-0.1, -0.05) is 32.9 Å². The number of nitrogens with zero attached hydrogens (tertiary/aromatic N) is 1. The quantitative estimate of drug-likeness (QED) is 0.739. The van der Waals surface area contributed by atoms with Gasteiger partial charge < -0.3 is 19.8 Å². The van der Waals surface area contributed by atoms with Crippen molar-refractivity contribution in [3.63, 3.8) is 0 Å². The van der Waals surface area contributed by atoms with Gasteiger partial charge in [0, 0.05) is 17.8 Å². The fraction of sp³-hybridized carbons (Fsp3) is 0.278. The molecule has 1 aromatic heterocycles. The van der Waals surface area contributed by atoms with Crippen molar-refractivity contribution in [1.82, 2.24) is 9.97 Å². The number of aromatic amines is 1. The molecule has 118 valence electrons. The van der Waals surface area contributed by atoms with Gasteiger partial charge in [-0.2, -0.15) is 0 Å². The number of anilines is 2. The molecule has 0 atom stereocenters. The number of benzene rings is 2. The van der Waals surface area contributed by atoms with Crippen molar-refractivity contribution >= 4 is 22.7 Å². The van der Waals surface area contributed by atoms with Gasteiger partial charge in [-0.25, -0.2) is 4.98 Å². The maximum absolute atomic E-state index is 5.39. The second-order valence-corrected chi connectivity index (χ2v) is 6.76. The molecule has 5 heteroatoms. The summed E-state index contributed by atoms with van der Waals surface area (Å²) in [7, 11) is 0. The first kappa shape index (κ1) is 13.9. The number of hydrogen-bond acceptors (Lipinski definition) is 4. The minimum absolute atomic E-state index is 0.151. The molecule has 1 aliphatic rings. The highest BCUT2D eigenvalue weighted by Gasteiger charge is 2.16. The molecule has 0 amide bonds. The minimum Gasteiger partial charge on any atom is -0.454 e. The van der Waals surface area contributed by atoms with E-state index in [1.807, 2.05) is 12.1 Å². The van der Waals surface area contributed by atoms with Crippen LogP contribution < -0.4 is 14.8 Å². The number of fused-ring (bicyclic) bond motifs is 2. The maximum atomic E-state index is 5.39. The number of nitrogens with one attached hydrogen (secondary N) is 2. The Morgan fingerprint density at radius 1 is 1.04 bits per heavy atom. The van der Waals surface area contributed by atoms with Crippen LogP contribution in [-0.4, -0.2) is 16.8 Å². The fourth-order valence-corrected chi connectivity index (χ4v) is 2.65. The molecular weight excluding hydrogens is 290 g/mol. The first-order valence-electron chi connectivity index (χ1n) is 7.66. The smallest absolute Gasteiger partial charge is 0.231 e. The number of aromatic nitrogens is 2. The third kappa shape index (κ3) is 2.59. The summed E-state index contributed by atoms with van der Waals surface area (Å²) in [5.74, 6) is 2.19. The van der Waals surface area contributed by atoms with Crippen LogP contribution in [0.25, 0.3) is 11.0 Å². The largest absolute Gasteiger partial charge is 0.454 e. The van der Waals surface area contributed by atoms with E-state index in [2.05, 4.69) is 60.3 Å². The third-order valence-electron chi connectivity index (χ3n) is 3.99. The average Bonchev–Trinajstić information content (AvgIpc) is 3.09. The lowest BCUT2D eigenvalue weighted by atomic mass is 9.87. The Balaban J connectivity index is 1.60. The van der Waals surface area contributed by atoms with E-state index in [4.69, 9.17) is 9.47 Å². The lowest BCUT2D eigenvalue weighted by Gasteiger charge is -2.19. The molecule has 0 unspecified atom stereocenters. The predicted molar refractivity (Wildman–Crippen MR) is 90.6 cm³/mol. The van der Waals surface area contributed by atoms with Crippen molar-refractivity contribution in [2.24, 2.45) is 0 Å². The molecule has 0 fully saturated rings. The second kappa shape index (κ2) is 4.91. The topological polar surface area (TPSA) is 59.2 Å². The Morgan fingerprint density at radius 3 is 2.43 bits per heavy atom. The highest BCUT2D eigenvalue weighted by Crippen LogP contribution is 2.35. The minimum atomic E-state index is 0.151. The standard InChI is InChI=1S/C18H19N3O2/c1-18(2,3)11-4-6-12(7-5-11)19-17-20-13-8-15-16(23-10-22-15)9-14(13)21-17/h4-9H,10H2,1-3H3,(H2,19,20,21). The molecule has 0 saturated carbocycles. The SMILES string of the molecule is CC(C)(C)c1ccc(Nc2nc3cc4c(cc3[nH]2)OCO4)cc1. The van der Waals surface area contributed by atoms with Crippen molar-refractivity contribution in [3.05, 3.63) is 42.0 Å². The molecule has 0 radical (unpaired) electrons. The van der Waals surface area contributed by atoms with Gasteiger partial charge in [-0.15, -0.1) is 0 Å². The molecule has 1 aliphatic heterocycles. The van der Waals surface area contributed by atoms with Crippen molar-refractivity contribution in [2.75, 3.05) is 12.1 Å². The molecular formula is C18H19N3O2.